The minimum atomic E-state index is 0. The Morgan fingerprint density at radius 3 is 1.46 bits per heavy atom. The maximum Gasteiger partial charge on any atom is 0.243 e. The average molecular weight is 357 g/mol. The molecule has 0 unspecified atom stereocenters. The smallest absolute Gasteiger partial charge is 0.243 e. The highest BCUT2D eigenvalue weighted by atomic mass is 35.5. The van der Waals surface area contributed by atoms with Crippen LogP contribution in [0.3, 0.4) is 0 Å². The van der Waals surface area contributed by atoms with Crippen LogP contribution in [-0.2, 0) is 13.6 Å². The van der Waals surface area contributed by atoms with Crippen LogP contribution in [-0.4, -0.2) is 4.57 Å². The Morgan fingerprint density at radius 2 is 1.08 bits per heavy atom. The molecule has 1 heterocycles. The number of unbranched alkanes of at least 4 members (excludes halogenated alkanes) is 14. The molecule has 0 aromatic carbocycles. The molecule has 24 heavy (non-hydrogen) atoms. The van der Waals surface area contributed by atoms with Crippen molar-refractivity contribution in [2.75, 3.05) is 0 Å². The molecule has 3 heteroatoms. The molecule has 0 amide bonds. The van der Waals surface area contributed by atoms with E-state index < -0.39 is 0 Å². The van der Waals surface area contributed by atoms with Gasteiger partial charge in [-0.05, 0) is 12.8 Å². The number of imidazole rings is 1. The molecule has 0 fully saturated rings. The second-order valence-corrected chi connectivity index (χ2v) is 7.27. The summed E-state index contributed by atoms with van der Waals surface area (Å²) in [6.07, 6.45) is 28.0. The van der Waals surface area contributed by atoms with Gasteiger partial charge in [-0.1, -0.05) is 90.4 Å². The summed E-state index contributed by atoms with van der Waals surface area (Å²) >= 11 is 0. The lowest BCUT2D eigenvalue weighted by Crippen LogP contribution is -3.00. The summed E-state index contributed by atoms with van der Waals surface area (Å²) in [5, 5.41) is 0. The summed E-state index contributed by atoms with van der Waals surface area (Å²) in [5.41, 5.74) is 0. The molecule has 1 aromatic rings. The summed E-state index contributed by atoms with van der Waals surface area (Å²) < 4.78 is 4.41. The van der Waals surface area contributed by atoms with Crippen molar-refractivity contribution in [3.8, 4) is 0 Å². The number of halogens is 1. The van der Waals surface area contributed by atoms with E-state index in [9.17, 15) is 0 Å². The van der Waals surface area contributed by atoms with Gasteiger partial charge in [0.05, 0.1) is 13.6 Å². The fraction of sp³-hybridized carbons (Fsp3) is 0.857. The van der Waals surface area contributed by atoms with Gasteiger partial charge < -0.3 is 12.4 Å². The monoisotopic (exact) mass is 356 g/mol. The first kappa shape index (κ1) is 23.5. The topological polar surface area (TPSA) is 8.81 Å². The lowest BCUT2D eigenvalue weighted by atomic mass is 10.0. The van der Waals surface area contributed by atoms with Crippen LogP contribution in [0.25, 0.3) is 0 Å². The molecule has 0 spiro atoms. The van der Waals surface area contributed by atoms with Gasteiger partial charge in [0.2, 0.25) is 6.33 Å². The van der Waals surface area contributed by atoms with E-state index in [1.807, 2.05) is 0 Å². The quantitative estimate of drug-likeness (QED) is 0.318. The Bertz CT molecular complexity index is 362. The Hall–Kier alpha value is -0.500. The second kappa shape index (κ2) is 17.3. The Kier molecular flexibility index (Phi) is 17.0. The fourth-order valence-electron chi connectivity index (χ4n) is 3.30. The van der Waals surface area contributed by atoms with Gasteiger partial charge in [-0.25, -0.2) is 9.13 Å². The van der Waals surface area contributed by atoms with Crippen molar-refractivity contribution in [3.05, 3.63) is 18.7 Å². The number of hydrogen-bond donors (Lipinski definition) is 0. The third kappa shape index (κ3) is 13.9. The van der Waals surface area contributed by atoms with E-state index in [-0.39, 0.29) is 12.4 Å². The fourth-order valence-corrected chi connectivity index (χ4v) is 3.30. The highest BCUT2D eigenvalue weighted by Crippen LogP contribution is 2.13. The third-order valence-corrected chi connectivity index (χ3v) is 4.84. The van der Waals surface area contributed by atoms with E-state index in [0.717, 1.165) is 0 Å². The molecule has 0 N–H and O–H groups in total. The molecule has 142 valence electrons. The van der Waals surface area contributed by atoms with Crippen molar-refractivity contribution in [2.45, 2.75) is 110 Å². The summed E-state index contributed by atoms with van der Waals surface area (Å²) in [5.74, 6) is 0. The first-order valence-electron chi connectivity index (χ1n) is 10.3. The number of aryl methyl sites for hydroxylation is 2. The van der Waals surface area contributed by atoms with Crippen LogP contribution >= 0.6 is 0 Å². The van der Waals surface area contributed by atoms with Gasteiger partial charge in [-0.2, -0.15) is 0 Å². The van der Waals surface area contributed by atoms with Crippen molar-refractivity contribution in [3.63, 3.8) is 0 Å². The molecule has 1 aromatic heterocycles. The van der Waals surface area contributed by atoms with Crippen molar-refractivity contribution < 1.29 is 17.0 Å². The van der Waals surface area contributed by atoms with Crippen molar-refractivity contribution in [2.24, 2.45) is 7.05 Å². The molecule has 0 bridgehead atoms. The summed E-state index contributed by atoms with van der Waals surface area (Å²) in [4.78, 5) is 0. The van der Waals surface area contributed by atoms with Crippen LogP contribution < -0.4 is 17.0 Å². The maximum absolute atomic E-state index is 2.29. The lowest BCUT2D eigenvalue weighted by molar-refractivity contribution is -0.671. The van der Waals surface area contributed by atoms with E-state index >= 15 is 0 Å². The summed E-state index contributed by atoms with van der Waals surface area (Å²) in [6, 6.07) is 0. The zero-order chi connectivity index (χ0) is 16.6. The molecule has 0 aliphatic heterocycles. The van der Waals surface area contributed by atoms with Crippen molar-refractivity contribution in [1.29, 1.82) is 0 Å². The van der Waals surface area contributed by atoms with E-state index in [0.29, 0.717) is 0 Å². The second-order valence-electron chi connectivity index (χ2n) is 7.27. The summed E-state index contributed by atoms with van der Waals surface area (Å²) in [7, 11) is 2.09. The van der Waals surface area contributed by atoms with Crippen LogP contribution in [0, 0.1) is 0 Å². The van der Waals surface area contributed by atoms with E-state index in [2.05, 4.69) is 41.8 Å². The molecule has 0 aliphatic rings. The highest BCUT2D eigenvalue weighted by Gasteiger charge is 1.99. The van der Waals surface area contributed by atoms with Gasteiger partial charge in [0.15, 0.2) is 0 Å². The van der Waals surface area contributed by atoms with Crippen molar-refractivity contribution in [1.82, 2.24) is 4.57 Å². The standard InChI is InChI=1S/C21H41N2.ClH/c1-3-4-5-6-7-8-9-10-11-12-13-14-15-16-17-18-23-20-19-22(2)21-23;/h19-21H,3-18H2,1-2H3;1H/q+1;/p-1. The van der Waals surface area contributed by atoms with Crippen LogP contribution in [0.4, 0.5) is 0 Å². The first-order chi connectivity index (χ1) is 11.3. The Balaban J connectivity index is 0.00000529. The largest absolute Gasteiger partial charge is 1.00 e. The number of nitrogens with zero attached hydrogens (tertiary/aromatic N) is 2. The Morgan fingerprint density at radius 1 is 0.667 bits per heavy atom. The van der Waals surface area contributed by atoms with Gasteiger partial charge >= 0.3 is 0 Å². The molecular weight excluding hydrogens is 316 g/mol. The molecule has 1 rings (SSSR count). The maximum atomic E-state index is 2.29. The minimum Gasteiger partial charge on any atom is -1.00 e. The normalized spacial score (nSPS) is 10.8. The molecule has 0 saturated carbocycles. The van der Waals surface area contributed by atoms with Crippen LogP contribution in [0.1, 0.15) is 103 Å². The van der Waals surface area contributed by atoms with Gasteiger partial charge in [0.25, 0.3) is 0 Å². The number of aromatic nitrogens is 2. The zero-order valence-corrected chi connectivity index (χ0v) is 17.1. The SMILES string of the molecule is CCCCCCCCCCCCCCCCCn1cc[n+](C)c1.[Cl-]. The first-order valence-corrected chi connectivity index (χ1v) is 10.3. The molecule has 0 saturated heterocycles. The van der Waals surface area contributed by atoms with Crippen LogP contribution in [0.15, 0.2) is 18.7 Å². The van der Waals surface area contributed by atoms with Gasteiger partial charge in [-0.3, -0.25) is 0 Å². The van der Waals surface area contributed by atoms with Gasteiger partial charge in [0.1, 0.15) is 12.4 Å². The van der Waals surface area contributed by atoms with Crippen LogP contribution in [0.2, 0.25) is 0 Å². The summed E-state index contributed by atoms with van der Waals surface area (Å²) in [6.45, 7) is 3.47. The molecule has 0 aliphatic carbocycles. The highest BCUT2D eigenvalue weighted by molar-refractivity contribution is 4.65. The van der Waals surface area contributed by atoms with Crippen molar-refractivity contribution >= 4 is 0 Å². The van der Waals surface area contributed by atoms with Crippen LogP contribution in [0.5, 0.6) is 0 Å². The average Bonchev–Trinajstić information content (AvgIpc) is 2.96. The Labute approximate surface area is 157 Å². The predicted molar refractivity (Wildman–Crippen MR) is 101 cm³/mol. The minimum absolute atomic E-state index is 0. The molecule has 2 nitrogen and oxygen atoms in total. The number of rotatable bonds is 16. The molecular formula is C21H41ClN2. The van der Waals surface area contributed by atoms with E-state index in [1.165, 1.54) is 103 Å². The molecule has 0 atom stereocenters. The zero-order valence-electron chi connectivity index (χ0n) is 16.3. The number of hydrogen-bond acceptors (Lipinski definition) is 0. The molecule has 0 radical (unpaired) electrons. The van der Waals surface area contributed by atoms with Gasteiger partial charge in [-0.15, -0.1) is 0 Å². The van der Waals surface area contributed by atoms with Gasteiger partial charge in [0, 0.05) is 0 Å². The van der Waals surface area contributed by atoms with E-state index in [4.69, 9.17) is 0 Å². The lowest BCUT2D eigenvalue weighted by Gasteiger charge is -2.03. The van der Waals surface area contributed by atoms with E-state index in [1.54, 1.807) is 0 Å². The third-order valence-electron chi connectivity index (χ3n) is 4.84. The predicted octanol–water partition coefficient (Wildman–Crippen LogP) is 3.19.